The zero-order chi connectivity index (χ0) is 16.4. The van der Waals surface area contributed by atoms with Crippen molar-refractivity contribution in [3.63, 3.8) is 0 Å². The lowest BCUT2D eigenvalue weighted by atomic mass is 10.1. The Hall–Kier alpha value is -2.76. The fourth-order valence-corrected chi connectivity index (χ4v) is 2.33. The number of carbonyl (C=O) groups is 1. The van der Waals surface area contributed by atoms with Crippen LogP contribution in [0.15, 0.2) is 42.2 Å². The van der Waals surface area contributed by atoms with Crippen molar-refractivity contribution in [2.24, 2.45) is 0 Å². The first-order chi connectivity index (χ1) is 11.0. The molecule has 1 heterocycles. The minimum absolute atomic E-state index is 0.0371. The van der Waals surface area contributed by atoms with Gasteiger partial charge < -0.3 is 10.4 Å². The molecule has 1 aromatic carbocycles. The minimum atomic E-state index is -1.08. The number of aromatic carboxylic acids is 1. The summed E-state index contributed by atoms with van der Waals surface area (Å²) in [7, 11) is 0. The van der Waals surface area contributed by atoms with E-state index in [9.17, 15) is 9.18 Å². The molecule has 1 saturated carbocycles. The van der Waals surface area contributed by atoms with E-state index in [1.165, 1.54) is 30.1 Å². The molecule has 0 saturated heterocycles. The van der Waals surface area contributed by atoms with Gasteiger partial charge in [0.1, 0.15) is 12.1 Å². The van der Waals surface area contributed by atoms with E-state index in [2.05, 4.69) is 15.3 Å². The lowest BCUT2D eigenvalue weighted by molar-refractivity contribution is 0.0690. The molecule has 1 unspecified atom stereocenters. The first-order valence-electron chi connectivity index (χ1n) is 7.34. The summed E-state index contributed by atoms with van der Waals surface area (Å²) in [6.45, 7) is 1.97. The van der Waals surface area contributed by atoms with Crippen LogP contribution in [0.25, 0.3) is 5.70 Å². The maximum absolute atomic E-state index is 13.0. The summed E-state index contributed by atoms with van der Waals surface area (Å²) in [5.74, 6) is -1.36. The Bertz CT molecular complexity index is 766. The second-order valence-corrected chi connectivity index (χ2v) is 5.49. The molecule has 3 rings (SSSR count). The summed E-state index contributed by atoms with van der Waals surface area (Å²) in [5, 5.41) is 12.4. The number of hydrogen-bond donors (Lipinski definition) is 2. The SMILES string of the molecule is CC(NC(=C1CC1)c1cc(C(=O)O)ncn1)c1ccc(F)cc1. The van der Waals surface area contributed by atoms with Crippen LogP contribution < -0.4 is 5.32 Å². The number of carboxylic acids is 1. The summed E-state index contributed by atoms with van der Waals surface area (Å²) in [5.41, 5.74) is 3.52. The number of nitrogens with zero attached hydrogens (tertiary/aromatic N) is 2. The quantitative estimate of drug-likeness (QED) is 0.887. The van der Waals surface area contributed by atoms with Crippen LogP contribution in [-0.2, 0) is 0 Å². The third kappa shape index (κ3) is 3.53. The highest BCUT2D eigenvalue weighted by Crippen LogP contribution is 2.35. The monoisotopic (exact) mass is 313 g/mol. The molecule has 2 aromatic rings. The zero-order valence-electron chi connectivity index (χ0n) is 12.6. The highest BCUT2D eigenvalue weighted by Gasteiger charge is 2.22. The van der Waals surface area contributed by atoms with Crippen molar-refractivity contribution in [2.75, 3.05) is 0 Å². The summed E-state index contributed by atoms with van der Waals surface area (Å²) in [6, 6.07) is 7.71. The van der Waals surface area contributed by atoms with Crippen molar-refractivity contribution >= 4 is 11.7 Å². The van der Waals surface area contributed by atoms with E-state index in [1.807, 2.05) is 6.92 Å². The van der Waals surface area contributed by atoms with Crippen LogP contribution in [0.5, 0.6) is 0 Å². The lowest BCUT2D eigenvalue weighted by Gasteiger charge is -2.18. The third-order valence-electron chi connectivity index (χ3n) is 3.73. The Morgan fingerprint density at radius 3 is 2.48 bits per heavy atom. The van der Waals surface area contributed by atoms with E-state index in [-0.39, 0.29) is 17.6 Å². The van der Waals surface area contributed by atoms with Crippen LogP contribution in [0.1, 0.15) is 47.6 Å². The fraction of sp³-hybridized carbons (Fsp3) is 0.235. The minimum Gasteiger partial charge on any atom is -0.477 e. The largest absolute Gasteiger partial charge is 0.477 e. The van der Waals surface area contributed by atoms with Crippen LogP contribution in [0.4, 0.5) is 4.39 Å². The number of halogens is 1. The van der Waals surface area contributed by atoms with Gasteiger partial charge in [-0.3, -0.25) is 0 Å². The molecule has 5 nitrogen and oxygen atoms in total. The van der Waals surface area contributed by atoms with E-state index >= 15 is 0 Å². The van der Waals surface area contributed by atoms with Gasteiger partial charge in [0.25, 0.3) is 0 Å². The van der Waals surface area contributed by atoms with Crippen LogP contribution in [0.3, 0.4) is 0 Å². The first kappa shape index (κ1) is 15.1. The highest BCUT2D eigenvalue weighted by molar-refractivity contribution is 5.86. The molecule has 23 heavy (non-hydrogen) atoms. The summed E-state index contributed by atoms with van der Waals surface area (Å²) in [4.78, 5) is 19.0. The van der Waals surface area contributed by atoms with Crippen LogP contribution in [0.2, 0.25) is 0 Å². The second kappa shape index (κ2) is 6.16. The third-order valence-corrected chi connectivity index (χ3v) is 3.73. The Labute approximate surface area is 132 Å². The van der Waals surface area contributed by atoms with E-state index in [4.69, 9.17) is 5.11 Å². The van der Waals surface area contributed by atoms with Crippen molar-refractivity contribution in [3.8, 4) is 0 Å². The lowest BCUT2D eigenvalue weighted by Crippen LogP contribution is -2.18. The van der Waals surface area contributed by atoms with Gasteiger partial charge in [-0.15, -0.1) is 0 Å². The molecule has 1 aromatic heterocycles. The number of allylic oxidation sites excluding steroid dienone is 1. The van der Waals surface area contributed by atoms with E-state index < -0.39 is 5.97 Å². The number of nitrogens with one attached hydrogen (secondary N) is 1. The molecule has 2 N–H and O–H groups in total. The van der Waals surface area contributed by atoms with Gasteiger partial charge in [0, 0.05) is 6.04 Å². The van der Waals surface area contributed by atoms with Crippen molar-refractivity contribution in [1.82, 2.24) is 15.3 Å². The Morgan fingerprint density at radius 1 is 1.22 bits per heavy atom. The maximum atomic E-state index is 13.0. The normalized spacial score (nSPS) is 14.3. The van der Waals surface area contributed by atoms with Gasteiger partial charge in [-0.05, 0) is 49.1 Å². The van der Waals surface area contributed by atoms with Gasteiger partial charge in [0.15, 0.2) is 5.69 Å². The number of aromatic nitrogens is 2. The predicted molar refractivity (Wildman–Crippen MR) is 83.1 cm³/mol. The fourth-order valence-electron chi connectivity index (χ4n) is 2.33. The van der Waals surface area contributed by atoms with Crippen LogP contribution >= 0.6 is 0 Å². The van der Waals surface area contributed by atoms with Gasteiger partial charge in [-0.2, -0.15) is 0 Å². The summed E-state index contributed by atoms with van der Waals surface area (Å²) in [6.07, 6.45) is 3.18. The molecule has 118 valence electrons. The molecule has 1 atom stereocenters. The average Bonchev–Trinajstić information content (AvgIpc) is 3.38. The number of carboxylic acid groups (broad SMARTS) is 1. The highest BCUT2D eigenvalue weighted by atomic mass is 19.1. The predicted octanol–water partition coefficient (Wildman–Crippen LogP) is 3.17. The molecular formula is C17H16FN3O2. The van der Waals surface area contributed by atoms with Gasteiger partial charge >= 0.3 is 5.97 Å². The average molecular weight is 313 g/mol. The molecule has 0 radical (unpaired) electrons. The van der Waals surface area contributed by atoms with Crippen LogP contribution in [0, 0.1) is 5.82 Å². The first-order valence-corrected chi connectivity index (χ1v) is 7.34. The van der Waals surface area contributed by atoms with Gasteiger partial charge in [0.05, 0.1) is 11.4 Å². The zero-order valence-corrected chi connectivity index (χ0v) is 12.6. The molecule has 6 heteroatoms. The summed E-state index contributed by atoms with van der Waals surface area (Å²) >= 11 is 0. The van der Waals surface area contributed by atoms with E-state index in [0.29, 0.717) is 5.69 Å². The molecule has 0 aliphatic heterocycles. The smallest absolute Gasteiger partial charge is 0.354 e. The number of hydrogen-bond acceptors (Lipinski definition) is 4. The molecule has 0 bridgehead atoms. The molecule has 0 amide bonds. The second-order valence-electron chi connectivity index (χ2n) is 5.49. The molecule has 0 spiro atoms. The molecule has 1 aliphatic carbocycles. The van der Waals surface area contributed by atoms with Crippen molar-refractivity contribution in [1.29, 1.82) is 0 Å². The standard InChI is InChI=1S/C17H16FN3O2/c1-10(11-4-6-13(18)7-5-11)21-16(12-2-3-12)14-8-15(17(22)23)20-9-19-14/h4-10,21H,2-3H2,1H3,(H,22,23). The van der Waals surface area contributed by atoms with Crippen molar-refractivity contribution < 1.29 is 14.3 Å². The molecular weight excluding hydrogens is 297 g/mol. The Kier molecular flexibility index (Phi) is 4.06. The van der Waals surface area contributed by atoms with Gasteiger partial charge in [-0.25, -0.2) is 19.2 Å². The van der Waals surface area contributed by atoms with Gasteiger partial charge in [-0.1, -0.05) is 12.1 Å². The molecule has 1 fully saturated rings. The maximum Gasteiger partial charge on any atom is 0.354 e. The number of rotatable bonds is 5. The number of benzene rings is 1. The Balaban J connectivity index is 1.86. The van der Waals surface area contributed by atoms with Crippen molar-refractivity contribution in [3.05, 3.63) is 65.0 Å². The summed E-state index contributed by atoms with van der Waals surface area (Å²) < 4.78 is 13.0. The van der Waals surface area contributed by atoms with Crippen LogP contribution in [-0.4, -0.2) is 21.0 Å². The molecule has 1 aliphatic rings. The van der Waals surface area contributed by atoms with E-state index in [1.54, 1.807) is 12.1 Å². The van der Waals surface area contributed by atoms with Crippen molar-refractivity contribution in [2.45, 2.75) is 25.8 Å². The Morgan fingerprint density at radius 2 is 1.87 bits per heavy atom. The topological polar surface area (TPSA) is 75.1 Å². The van der Waals surface area contributed by atoms with Gasteiger partial charge in [0.2, 0.25) is 0 Å². The van der Waals surface area contributed by atoms with E-state index in [0.717, 1.165) is 24.1 Å².